The molecule has 0 aliphatic heterocycles. The van der Waals surface area contributed by atoms with Crippen LogP contribution in [0.2, 0.25) is 0 Å². The van der Waals surface area contributed by atoms with Gasteiger partial charge in [0.2, 0.25) is 0 Å². The molecule has 0 spiro atoms. The minimum atomic E-state index is -3.30. The second-order valence-corrected chi connectivity index (χ2v) is 7.52. The van der Waals surface area contributed by atoms with Crippen LogP contribution in [0.3, 0.4) is 0 Å². The van der Waals surface area contributed by atoms with Crippen molar-refractivity contribution >= 4 is 10.1 Å². The van der Waals surface area contributed by atoms with Gasteiger partial charge in [-0.2, -0.15) is 8.42 Å². The van der Waals surface area contributed by atoms with E-state index in [0.717, 1.165) is 25.5 Å². The van der Waals surface area contributed by atoms with E-state index in [1.165, 1.54) is 51.4 Å². The summed E-state index contributed by atoms with van der Waals surface area (Å²) in [7, 11) is -3.30. The highest BCUT2D eigenvalue weighted by atomic mass is 32.2. The van der Waals surface area contributed by atoms with E-state index in [4.69, 9.17) is 4.18 Å². The van der Waals surface area contributed by atoms with Gasteiger partial charge in [-0.3, -0.25) is 4.18 Å². The Hall–Kier alpha value is -0.350. The van der Waals surface area contributed by atoms with Crippen molar-refractivity contribution in [1.82, 2.24) is 0 Å². The third kappa shape index (κ3) is 17.6. The fourth-order valence-corrected chi connectivity index (χ4v) is 3.01. The van der Waals surface area contributed by atoms with Crippen LogP contribution in [0.5, 0.6) is 0 Å². The molecule has 0 bridgehead atoms. The largest absolute Gasteiger partial charge is 0.267 e. The first kappa shape index (κ1) is 20.6. The first-order valence-corrected chi connectivity index (χ1v) is 10.3. The molecule has 0 aliphatic carbocycles. The summed E-state index contributed by atoms with van der Waals surface area (Å²) in [5.74, 6) is 0. The van der Waals surface area contributed by atoms with Gasteiger partial charge in [0.15, 0.2) is 0 Å². The van der Waals surface area contributed by atoms with Gasteiger partial charge >= 0.3 is 0 Å². The van der Waals surface area contributed by atoms with Gasteiger partial charge in [-0.25, -0.2) is 0 Å². The SMILES string of the molecule is CCCCCCC=CCCCCCCC(C)OS(C)(=O)=O. The van der Waals surface area contributed by atoms with Gasteiger partial charge in [0, 0.05) is 0 Å². The molecule has 126 valence electrons. The van der Waals surface area contributed by atoms with Crippen LogP contribution in [-0.4, -0.2) is 20.8 Å². The predicted molar refractivity (Wildman–Crippen MR) is 91.0 cm³/mol. The zero-order valence-corrected chi connectivity index (χ0v) is 15.0. The molecule has 0 saturated heterocycles. The van der Waals surface area contributed by atoms with Gasteiger partial charge in [-0.1, -0.05) is 57.6 Å². The quantitative estimate of drug-likeness (QED) is 0.250. The highest BCUT2D eigenvalue weighted by Gasteiger charge is 2.09. The summed E-state index contributed by atoms with van der Waals surface area (Å²) in [5.41, 5.74) is 0. The van der Waals surface area contributed by atoms with Crippen molar-refractivity contribution in [3.05, 3.63) is 12.2 Å². The fourth-order valence-electron chi connectivity index (χ4n) is 2.32. The van der Waals surface area contributed by atoms with Crippen LogP contribution < -0.4 is 0 Å². The topological polar surface area (TPSA) is 43.4 Å². The van der Waals surface area contributed by atoms with E-state index in [1.54, 1.807) is 0 Å². The molecule has 1 atom stereocenters. The maximum atomic E-state index is 10.9. The van der Waals surface area contributed by atoms with E-state index in [0.29, 0.717) is 0 Å². The molecular weight excluding hydrogens is 284 g/mol. The number of hydrogen-bond acceptors (Lipinski definition) is 3. The standard InChI is InChI=1S/C17H34O3S/c1-4-5-6-7-8-9-10-11-12-13-14-15-16-17(2)20-21(3,18)19/h9-10,17H,4-8,11-16H2,1-3H3. The normalized spacial score (nSPS) is 13.9. The van der Waals surface area contributed by atoms with E-state index in [1.807, 2.05) is 6.92 Å². The molecule has 0 aromatic heterocycles. The summed E-state index contributed by atoms with van der Waals surface area (Å²) in [6.45, 7) is 4.06. The molecule has 0 radical (unpaired) electrons. The molecule has 0 N–H and O–H groups in total. The third-order valence-corrected chi connectivity index (χ3v) is 4.14. The van der Waals surface area contributed by atoms with Gasteiger partial charge in [-0.05, 0) is 39.0 Å². The Morgan fingerprint density at radius 1 is 0.905 bits per heavy atom. The average Bonchev–Trinajstić information content (AvgIpc) is 2.38. The van der Waals surface area contributed by atoms with Gasteiger partial charge in [0.05, 0.1) is 12.4 Å². The van der Waals surface area contributed by atoms with Crippen molar-refractivity contribution in [2.24, 2.45) is 0 Å². The van der Waals surface area contributed by atoms with Crippen LogP contribution in [0.4, 0.5) is 0 Å². The molecule has 0 saturated carbocycles. The molecule has 0 amide bonds. The summed E-state index contributed by atoms with van der Waals surface area (Å²) in [4.78, 5) is 0. The summed E-state index contributed by atoms with van der Waals surface area (Å²) in [6, 6.07) is 0. The molecule has 3 nitrogen and oxygen atoms in total. The Kier molecular flexibility index (Phi) is 13.1. The zero-order valence-electron chi connectivity index (χ0n) is 14.1. The minimum absolute atomic E-state index is 0.192. The fraction of sp³-hybridized carbons (Fsp3) is 0.882. The monoisotopic (exact) mass is 318 g/mol. The Morgan fingerprint density at radius 3 is 1.95 bits per heavy atom. The van der Waals surface area contributed by atoms with Crippen LogP contribution in [0, 0.1) is 0 Å². The third-order valence-electron chi connectivity index (χ3n) is 3.46. The van der Waals surface area contributed by atoms with Gasteiger partial charge < -0.3 is 0 Å². The van der Waals surface area contributed by atoms with Crippen LogP contribution in [0.25, 0.3) is 0 Å². The van der Waals surface area contributed by atoms with Gasteiger partial charge in [-0.15, -0.1) is 0 Å². The van der Waals surface area contributed by atoms with E-state index < -0.39 is 10.1 Å². The summed E-state index contributed by atoms with van der Waals surface area (Å²) in [6.07, 6.45) is 18.7. The molecule has 0 fully saturated rings. The van der Waals surface area contributed by atoms with Crippen molar-refractivity contribution in [1.29, 1.82) is 0 Å². The second kappa shape index (κ2) is 13.3. The summed E-state index contributed by atoms with van der Waals surface area (Å²) >= 11 is 0. The van der Waals surface area contributed by atoms with Gasteiger partial charge in [0.1, 0.15) is 0 Å². The second-order valence-electron chi connectivity index (χ2n) is 5.92. The van der Waals surface area contributed by atoms with Crippen molar-refractivity contribution < 1.29 is 12.6 Å². The molecule has 1 unspecified atom stereocenters. The van der Waals surface area contributed by atoms with Gasteiger partial charge in [0.25, 0.3) is 10.1 Å². The lowest BCUT2D eigenvalue weighted by Crippen LogP contribution is -2.13. The lowest BCUT2D eigenvalue weighted by Gasteiger charge is -2.10. The summed E-state index contributed by atoms with van der Waals surface area (Å²) in [5, 5.41) is 0. The number of allylic oxidation sites excluding steroid dienone is 2. The minimum Gasteiger partial charge on any atom is -0.267 e. The van der Waals surface area contributed by atoms with Crippen molar-refractivity contribution in [2.45, 2.75) is 90.6 Å². The maximum Gasteiger partial charge on any atom is 0.264 e. The Bertz CT molecular complexity index is 347. The van der Waals surface area contributed by atoms with E-state index in [2.05, 4.69) is 19.1 Å². The van der Waals surface area contributed by atoms with E-state index in [-0.39, 0.29) is 6.10 Å². The maximum absolute atomic E-state index is 10.9. The van der Waals surface area contributed by atoms with Crippen LogP contribution in [0.15, 0.2) is 12.2 Å². The highest BCUT2D eigenvalue weighted by Crippen LogP contribution is 2.11. The molecule has 0 aromatic rings. The van der Waals surface area contributed by atoms with Crippen molar-refractivity contribution in [3.8, 4) is 0 Å². The molecule has 4 heteroatoms. The molecule has 21 heavy (non-hydrogen) atoms. The van der Waals surface area contributed by atoms with Crippen molar-refractivity contribution in [3.63, 3.8) is 0 Å². The smallest absolute Gasteiger partial charge is 0.264 e. The number of hydrogen-bond donors (Lipinski definition) is 0. The van der Waals surface area contributed by atoms with Crippen LogP contribution >= 0.6 is 0 Å². The molecule has 0 aromatic carbocycles. The Balaban J connectivity index is 3.31. The molecule has 0 rings (SSSR count). The van der Waals surface area contributed by atoms with Crippen LogP contribution in [-0.2, 0) is 14.3 Å². The predicted octanol–water partition coefficient (Wildman–Crippen LogP) is 5.22. The lowest BCUT2D eigenvalue weighted by atomic mass is 10.1. The Morgan fingerprint density at radius 2 is 1.43 bits per heavy atom. The number of unbranched alkanes of at least 4 members (excludes halogenated alkanes) is 8. The lowest BCUT2D eigenvalue weighted by molar-refractivity contribution is 0.216. The zero-order chi connectivity index (χ0) is 16.0. The van der Waals surface area contributed by atoms with E-state index >= 15 is 0 Å². The Labute approximate surface area is 132 Å². The van der Waals surface area contributed by atoms with E-state index in [9.17, 15) is 8.42 Å². The first-order valence-electron chi connectivity index (χ1n) is 8.49. The molecule has 0 heterocycles. The summed E-state index contributed by atoms with van der Waals surface area (Å²) < 4.78 is 26.8. The molecule has 0 aliphatic rings. The first-order chi connectivity index (χ1) is 9.95. The van der Waals surface area contributed by atoms with Crippen LogP contribution in [0.1, 0.15) is 84.5 Å². The average molecular weight is 319 g/mol. The number of rotatable bonds is 14. The van der Waals surface area contributed by atoms with Crippen molar-refractivity contribution in [2.75, 3.05) is 6.26 Å². The highest BCUT2D eigenvalue weighted by molar-refractivity contribution is 7.86. The molecular formula is C17H34O3S.